The van der Waals surface area contributed by atoms with Crippen LogP contribution in [0, 0.1) is 6.92 Å². The van der Waals surface area contributed by atoms with Crippen LogP contribution in [0.25, 0.3) is 11.4 Å². The molecule has 0 N–H and O–H groups in total. The van der Waals surface area contributed by atoms with Crippen LogP contribution in [0.4, 0.5) is 5.69 Å². The van der Waals surface area contributed by atoms with Crippen LogP contribution in [0.3, 0.4) is 0 Å². The maximum Gasteiger partial charge on any atom is 0.227 e. The van der Waals surface area contributed by atoms with Crippen LogP contribution in [0.15, 0.2) is 47.0 Å². The molecule has 1 aromatic heterocycles. The molecule has 0 saturated carbocycles. The molecule has 0 spiro atoms. The SMILES string of the molecule is COc1ccc(-c2noc(CCC(=O)N3CCN(c4cc(Cl)ccc4C)CC3)n2)cc1. The molecule has 0 aliphatic carbocycles. The van der Waals surface area contributed by atoms with E-state index in [1.54, 1.807) is 7.11 Å². The van der Waals surface area contributed by atoms with E-state index in [4.69, 9.17) is 20.9 Å². The zero-order valence-corrected chi connectivity index (χ0v) is 18.4. The van der Waals surface area contributed by atoms with Crippen LogP contribution in [0.5, 0.6) is 5.75 Å². The second-order valence-corrected chi connectivity index (χ2v) is 7.98. The van der Waals surface area contributed by atoms with Crippen LogP contribution in [0.1, 0.15) is 17.9 Å². The highest BCUT2D eigenvalue weighted by Crippen LogP contribution is 2.25. The van der Waals surface area contributed by atoms with Crippen LogP contribution < -0.4 is 9.64 Å². The molecule has 1 fully saturated rings. The molecule has 1 saturated heterocycles. The van der Waals surface area contributed by atoms with Gasteiger partial charge in [-0.2, -0.15) is 4.98 Å². The number of carbonyl (C=O) groups is 1. The molecule has 31 heavy (non-hydrogen) atoms. The van der Waals surface area contributed by atoms with E-state index in [9.17, 15) is 4.79 Å². The Labute approximate surface area is 186 Å². The Morgan fingerprint density at radius 2 is 1.87 bits per heavy atom. The van der Waals surface area contributed by atoms with Crippen molar-refractivity contribution in [3.63, 3.8) is 0 Å². The molecule has 1 aliphatic rings. The predicted molar refractivity (Wildman–Crippen MR) is 120 cm³/mol. The topological polar surface area (TPSA) is 71.7 Å². The maximum atomic E-state index is 12.7. The zero-order chi connectivity index (χ0) is 21.8. The number of hydrogen-bond donors (Lipinski definition) is 0. The second-order valence-electron chi connectivity index (χ2n) is 7.54. The number of hydrogen-bond acceptors (Lipinski definition) is 6. The van der Waals surface area contributed by atoms with Crippen LogP contribution in [-0.2, 0) is 11.2 Å². The van der Waals surface area contributed by atoms with Gasteiger partial charge in [0.25, 0.3) is 0 Å². The molecule has 2 aromatic carbocycles. The van der Waals surface area contributed by atoms with Gasteiger partial charge in [-0.25, -0.2) is 0 Å². The molecular formula is C23H25ClN4O3. The largest absolute Gasteiger partial charge is 0.497 e. The fourth-order valence-electron chi connectivity index (χ4n) is 3.71. The number of methoxy groups -OCH3 is 1. The average Bonchev–Trinajstić information content (AvgIpc) is 3.28. The second kappa shape index (κ2) is 9.39. The van der Waals surface area contributed by atoms with Gasteiger partial charge in [0.2, 0.25) is 17.6 Å². The van der Waals surface area contributed by atoms with Gasteiger partial charge in [0.15, 0.2) is 0 Å². The number of anilines is 1. The first-order chi connectivity index (χ1) is 15.0. The minimum atomic E-state index is 0.103. The molecule has 0 atom stereocenters. The first-order valence-electron chi connectivity index (χ1n) is 10.3. The summed E-state index contributed by atoms with van der Waals surface area (Å²) in [6.07, 6.45) is 0.774. The molecule has 162 valence electrons. The normalized spacial score (nSPS) is 14.0. The number of ether oxygens (including phenoxy) is 1. The molecule has 3 aromatic rings. The van der Waals surface area contributed by atoms with Crippen molar-refractivity contribution in [3.05, 3.63) is 58.9 Å². The number of halogens is 1. The molecule has 1 amide bonds. The molecule has 0 radical (unpaired) electrons. The highest BCUT2D eigenvalue weighted by molar-refractivity contribution is 6.30. The fraction of sp³-hybridized carbons (Fsp3) is 0.348. The Hall–Kier alpha value is -3.06. The van der Waals surface area contributed by atoms with E-state index in [-0.39, 0.29) is 5.91 Å². The van der Waals surface area contributed by atoms with Crippen molar-refractivity contribution in [2.24, 2.45) is 0 Å². The summed E-state index contributed by atoms with van der Waals surface area (Å²) in [4.78, 5) is 21.3. The Bertz CT molecular complexity index is 1040. The average molecular weight is 441 g/mol. The molecule has 8 heteroatoms. The summed E-state index contributed by atoms with van der Waals surface area (Å²) in [6.45, 7) is 5.02. The zero-order valence-electron chi connectivity index (χ0n) is 17.7. The minimum Gasteiger partial charge on any atom is -0.497 e. The van der Waals surface area contributed by atoms with Crippen molar-refractivity contribution >= 4 is 23.2 Å². The van der Waals surface area contributed by atoms with Gasteiger partial charge >= 0.3 is 0 Å². The molecule has 2 heterocycles. The van der Waals surface area contributed by atoms with E-state index >= 15 is 0 Å². The monoisotopic (exact) mass is 440 g/mol. The lowest BCUT2D eigenvalue weighted by Crippen LogP contribution is -2.49. The van der Waals surface area contributed by atoms with Crippen molar-refractivity contribution < 1.29 is 14.1 Å². The lowest BCUT2D eigenvalue weighted by atomic mass is 10.1. The minimum absolute atomic E-state index is 0.103. The van der Waals surface area contributed by atoms with Crippen molar-refractivity contribution in [1.82, 2.24) is 15.0 Å². The molecular weight excluding hydrogens is 416 g/mol. The quantitative estimate of drug-likeness (QED) is 0.577. The molecule has 0 bridgehead atoms. The summed E-state index contributed by atoms with van der Waals surface area (Å²) in [5.41, 5.74) is 3.17. The number of carbonyl (C=O) groups excluding carboxylic acids is 1. The van der Waals surface area contributed by atoms with Crippen LogP contribution >= 0.6 is 11.6 Å². The molecule has 4 rings (SSSR count). The highest BCUT2D eigenvalue weighted by Gasteiger charge is 2.22. The van der Waals surface area contributed by atoms with Gasteiger partial charge in [-0.15, -0.1) is 0 Å². The van der Waals surface area contributed by atoms with E-state index in [1.165, 1.54) is 5.56 Å². The molecule has 7 nitrogen and oxygen atoms in total. The van der Waals surface area contributed by atoms with Crippen LogP contribution in [-0.4, -0.2) is 54.2 Å². The molecule has 0 unspecified atom stereocenters. The highest BCUT2D eigenvalue weighted by atomic mass is 35.5. The van der Waals surface area contributed by atoms with Gasteiger partial charge in [0.1, 0.15) is 5.75 Å². The maximum absolute atomic E-state index is 12.7. The van der Waals surface area contributed by atoms with Crippen molar-refractivity contribution in [2.75, 3.05) is 38.2 Å². The summed E-state index contributed by atoms with van der Waals surface area (Å²) in [7, 11) is 1.62. The third-order valence-corrected chi connectivity index (χ3v) is 5.75. The van der Waals surface area contributed by atoms with Gasteiger partial charge in [-0.3, -0.25) is 4.79 Å². The Balaban J connectivity index is 1.29. The number of nitrogens with zero attached hydrogens (tertiary/aromatic N) is 4. The number of aryl methyl sites for hydroxylation is 2. The predicted octanol–water partition coefficient (Wildman–Crippen LogP) is 3.99. The van der Waals surface area contributed by atoms with E-state index in [1.807, 2.05) is 47.4 Å². The van der Waals surface area contributed by atoms with Crippen LogP contribution in [0.2, 0.25) is 5.02 Å². The fourth-order valence-corrected chi connectivity index (χ4v) is 3.87. The first-order valence-corrected chi connectivity index (χ1v) is 10.7. The summed E-state index contributed by atoms with van der Waals surface area (Å²) >= 11 is 6.15. The number of benzene rings is 2. The third kappa shape index (κ3) is 4.99. The summed E-state index contributed by atoms with van der Waals surface area (Å²) in [6, 6.07) is 13.4. The lowest BCUT2D eigenvalue weighted by Gasteiger charge is -2.37. The summed E-state index contributed by atoms with van der Waals surface area (Å²) in [5, 5.41) is 4.75. The molecule has 1 aliphatic heterocycles. The number of rotatable bonds is 6. The van der Waals surface area contributed by atoms with E-state index in [2.05, 4.69) is 22.0 Å². The van der Waals surface area contributed by atoms with Gasteiger partial charge in [0, 0.05) is 55.3 Å². The van der Waals surface area contributed by atoms with E-state index in [0.717, 1.165) is 35.1 Å². The number of amides is 1. The Morgan fingerprint density at radius 1 is 1.13 bits per heavy atom. The van der Waals surface area contributed by atoms with Gasteiger partial charge in [-0.1, -0.05) is 22.8 Å². The Morgan fingerprint density at radius 3 is 2.58 bits per heavy atom. The summed E-state index contributed by atoms with van der Waals surface area (Å²) in [5.74, 6) is 1.85. The van der Waals surface area contributed by atoms with Gasteiger partial charge < -0.3 is 19.1 Å². The lowest BCUT2D eigenvalue weighted by molar-refractivity contribution is -0.131. The van der Waals surface area contributed by atoms with Crippen molar-refractivity contribution in [3.8, 4) is 17.1 Å². The van der Waals surface area contributed by atoms with Gasteiger partial charge in [0.05, 0.1) is 7.11 Å². The van der Waals surface area contributed by atoms with Crippen molar-refractivity contribution in [2.45, 2.75) is 19.8 Å². The van der Waals surface area contributed by atoms with E-state index < -0.39 is 0 Å². The van der Waals surface area contributed by atoms with E-state index in [0.29, 0.717) is 37.6 Å². The Kier molecular flexibility index (Phi) is 6.42. The third-order valence-electron chi connectivity index (χ3n) is 5.51. The number of aromatic nitrogens is 2. The van der Waals surface area contributed by atoms with Crippen molar-refractivity contribution in [1.29, 1.82) is 0 Å². The standard InChI is InChI=1S/C23H25ClN4O3/c1-16-3-6-18(24)15-20(16)27-11-13-28(14-12-27)22(29)10-9-21-25-23(26-31-21)17-4-7-19(30-2)8-5-17/h3-8,15H,9-14H2,1-2H3. The summed E-state index contributed by atoms with van der Waals surface area (Å²) < 4.78 is 10.5. The van der Waals surface area contributed by atoms with Gasteiger partial charge in [-0.05, 0) is 48.9 Å². The first kappa shape index (κ1) is 21.2. The number of piperazine rings is 1. The smallest absolute Gasteiger partial charge is 0.227 e.